The van der Waals surface area contributed by atoms with E-state index in [9.17, 15) is 0 Å². The molecule has 7 rings (SSSR count). The number of rotatable bonds is 9. The lowest BCUT2D eigenvalue weighted by atomic mass is 9.88. The van der Waals surface area contributed by atoms with Crippen molar-refractivity contribution < 1.29 is 4.74 Å². The number of ether oxygens (including phenoxy) is 1. The SMILES string of the molecule is CC1=C(C)N(c2cccc(Oc3ccc4c5ccccc5n(-c5cc(C(C)(C)C)ccn5)c4c3)c2)CN1c1cc(CC(C)C)cc(CC(C)C)c1. The van der Waals surface area contributed by atoms with Gasteiger partial charge < -0.3 is 14.5 Å². The topological polar surface area (TPSA) is 33.5 Å². The van der Waals surface area contributed by atoms with Gasteiger partial charge in [0, 0.05) is 51.9 Å². The molecule has 2 aromatic heterocycles. The number of para-hydroxylation sites is 1. The molecule has 0 spiro atoms. The summed E-state index contributed by atoms with van der Waals surface area (Å²) in [6.07, 6.45) is 4.10. The van der Waals surface area contributed by atoms with E-state index in [1.807, 2.05) is 12.3 Å². The van der Waals surface area contributed by atoms with Crippen LogP contribution >= 0.6 is 0 Å². The van der Waals surface area contributed by atoms with Crippen molar-refractivity contribution in [1.29, 1.82) is 0 Å². The molecule has 51 heavy (non-hydrogen) atoms. The molecule has 0 amide bonds. The largest absolute Gasteiger partial charge is 0.457 e. The number of hydrogen-bond donors (Lipinski definition) is 0. The summed E-state index contributed by atoms with van der Waals surface area (Å²) in [7, 11) is 0. The van der Waals surface area contributed by atoms with Crippen molar-refractivity contribution in [1.82, 2.24) is 9.55 Å². The Balaban J connectivity index is 1.20. The summed E-state index contributed by atoms with van der Waals surface area (Å²) < 4.78 is 8.91. The van der Waals surface area contributed by atoms with Crippen molar-refractivity contribution in [2.24, 2.45) is 11.8 Å². The smallest absolute Gasteiger partial charge is 0.137 e. The normalized spacial score (nSPS) is 13.9. The van der Waals surface area contributed by atoms with Crippen LogP contribution in [0.1, 0.15) is 79.0 Å². The number of hydrogen-bond acceptors (Lipinski definition) is 4. The van der Waals surface area contributed by atoms with Crippen LogP contribution in [0.4, 0.5) is 11.4 Å². The molecule has 4 aromatic carbocycles. The third-order valence-corrected chi connectivity index (χ3v) is 10.1. The zero-order chi connectivity index (χ0) is 36.0. The van der Waals surface area contributed by atoms with Gasteiger partial charge in [-0.05, 0) is 115 Å². The molecular weight excluding hydrogens is 625 g/mol. The maximum absolute atomic E-state index is 6.64. The first-order valence-corrected chi connectivity index (χ1v) is 18.5. The van der Waals surface area contributed by atoms with Crippen LogP contribution in [-0.2, 0) is 18.3 Å². The first-order valence-electron chi connectivity index (χ1n) is 18.5. The fourth-order valence-electron chi connectivity index (χ4n) is 7.49. The van der Waals surface area contributed by atoms with Crippen LogP contribution in [0, 0.1) is 11.8 Å². The zero-order valence-electron chi connectivity index (χ0n) is 31.8. The van der Waals surface area contributed by atoms with Gasteiger partial charge in [0.15, 0.2) is 0 Å². The lowest BCUT2D eigenvalue weighted by Gasteiger charge is -2.25. The van der Waals surface area contributed by atoms with Gasteiger partial charge in [-0.3, -0.25) is 4.57 Å². The van der Waals surface area contributed by atoms with Crippen molar-refractivity contribution in [3.8, 4) is 17.3 Å². The summed E-state index contributed by atoms with van der Waals surface area (Å²) >= 11 is 0. The number of nitrogens with zero attached hydrogens (tertiary/aromatic N) is 4. The van der Waals surface area contributed by atoms with E-state index in [0.717, 1.165) is 53.5 Å². The molecule has 0 N–H and O–H groups in total. The third-order valence-electron chi connectivity index (χ3n) is 10.1. The highest BCUT2D eigenvalue weighted by Gasteiger charge is 2.27. The highest BCUT2D eigenvalue weighted by Crippen LogP contribution is 2.38. The standard InChI is InChI=1S/C46H52N4O/c1-30(2)21-34-23-35(22-31(3)4)25-38(24-34)49-29-48(32(5)33(49)6)37-13-12-14-39(27-37)51-40-17-18-42-41-15-10-11-16-43(41)50(44(42)28-40)45-26-36(19-20-47-45)46(7,8)9/h10-20,23-28,30-31H,21-22,29H2,1-9H3. The van der Waals surface area contributed by atoms with Gasteiger partial charge in [0.2, 0.25) is 0 Å². The van der Waals surface area contributed by atoms with Gasteiger partial charge in [0.1, 0.15) is 17.3 Å². The summed E-state index contributed by atoms with van der Waals surface area (Å²) in [5, 5.41) is 2.38. The second kappa shape index (κ2) is 13.6. The van der Waals surface area contributed by atoms with Crippen molar-refractivity contribution in [3.63, 3.8) is 0 Å². The number of allylic oxidation sites excluding steroid dienone is 2. The van der Waals surface area contributed by atoms with E-state index < -0.39 is 0 Å². The van der Waals surface area contributed by atoms with E-state index in [0.29, 0.717) is 11.8 Å². The summed E-state index contributed by atoms with van der Waals surface area (Å²) in [6.45, 7) is 21.2. The molecular formula is C46H52N4O. The lowest BCUT2D eigenvalue weighted by molar-refractivity contribution is 0.483. The summed E-state index contributed by atoms with van der Waals surface area (Å²) in [4.78, 5) is 9.71. The van der Waals surface area contributed by atoms with Gasteiger partial charge in [-0.15, -0.1) is 0 Å². The van der Waals surface area contributed by atoms with Crippen molar-refractivity contribution >= 4 is 33.2 Å². The summed E-state index contributed by atoms with van der Waals surface area (Å²) in [5.74, 6) is 3.74. The summed E-state index contributed by atoms with van der Waals surface area (Å²) in [6, 6.07) is 35.0. The molecule has 0 fully saturated rings. The molecule has 0 radical (unpaired) electrons. The van der Waals surface area contributed by atoms with Gasteiger partial charge in [-0.25, -0.2) is 4.98 Å². The molecule has 5 nitrogen and oxygen atoms in total. The Labute approximate surface area is 304 Å². The van der Waals surface area contributed by atoms with Gasteiger partial charge in [-0.1, -0.05) is 78.8 Å². The third kappa shape index (κ3) is 6.99. The van der Waals surface area contributed by atoms with Crippen LogP contribution in [0.25, 0.3) is 27.6 Å². The minimum Gasteiger partial charge on any atom is -0.457 e. The van der Waals surface area contributed by atoms with E-state index in [2.05, 4.69) is 168 Å². The van der Waals surface area contributed by atoms with Crippen LogP contribution in [-0.4, -0.2) is 16.2 Å². The Morgan fingerprint density at radius 2 is 1.29 bits per heavy atom. The van der Waals surface area contributed by atoms with Crippen molar-refractivity contribution in [2.75, 3.05) is 16.5 Å². The van der Waals surface area contributed by atoms with Crippen LogP contribution < -0.4 is 14.5 Å². The molecule has 5 heteroatoms. The van der Waals surface area contributed by atoms with E-state index >= 15 is 0 Å². The number of benzene rings is 4. The molecule has 0 saturated heterocycles. The Morgan fingerprint density at radius 3 is 1.98 bits per heavy atom. The molecule has 0 atom stereocenters. The van der Waals surface area contributed by atoms with Crippen LogP contribution in [0.5, 0.6) is 11.5 Å². The fraction of sp³-hybridized carbons (Fsp3) is 0.326. The fourth-order valence-corrected chi connectivity index (χ4v) is 7.49. The highest BCUT2D eigenvalue weighted by molar-refractivity contribution is 6.09. The molecule has 0 unspecified atom stereocenters. The Hall–Kier alpha value is -5.03. The van der Waals surface area contributed by atoms with Crippen molar-refractivity contribution in [3.05, 3.63) is 131 Å². The van der Waals surface area contributed by atoms with E-state index in [-0.39, 0.29) is 5.41 Å². The number of pyridine rings is 1. The summed E-state index contributed by atoms with van der Waals surface area (Å²) in [5.41, 5.74) is 11.2. The first-order chi connectivity index (χ1) is 24.4. The molecule has 0 aliphatic carbocycles. The maximum atomic E-state index is 6.64. The molecule has 0 saturated carbocycles. The van der Waals surface area contributed by atoms with E-state index in [1.165, 1.54) is 44.5 Å². The zero-order valence-corrected chi connectivity index (χ0v) is 31.8. The van der Waals surface area contributed by atoms with Crippen LogP contribution in [0.3, 0.4) is 0 Å². The Kier molecular flexibility index (Phi) is 9.18. The molecule has 6 aromatic rings. The van der Waals surface area contributed by atoms with Crippen molar-refractivity contribution in [2.45, 2.75) is 80.6 Å². The van der Waals surface area contributed by atoms with Gasteiger partial charge in [0.05, 0.1) is 17.7 Å². The van der Waals surface area contributed by atoms with Crippen LogP contribution in [0.2, 0.25) is 0 Å². The minimum absolute atomic E-state index is 0.0166. The number of aromatic nitrogens is 2. The maximum Gasteiger partial charge on any atom is 0.137 e. The van der Waals surface area contributed by atoms with Crippen LogP contribution in [0.15, 0.2) is 115 Å². The second-order valence-corrected chi connectivity index (χ2v) is 16.2. The highest BCUT2D eigenvalue weighted by atomic mass is 16.5. The molecule has 1 aliphatic heterocycles. The number of anilines is 2. The predicted molar refractivity (Wildman–Crippen MR) is 216 cm³/mol. The van der Waals surface area contributed by atoms with E-state index in [1.54, 1.807) is 0 Å². The Bertz CT molecular complexity index is 2220. The minimum atomic E-state index is 0.0166. The average molecular weight is 677 g/mol. The first kappa shape index (κ1) is 34.4. The van der Waals surface area contributed by atoms with Gasteiger partial charge in [-0.2, -0.15) is 0 Å². The monoisotopic (exact) mass is 676 g/mol. The lowest BCUT2D eigenvalue weighted by Crippen LogP contribution is -2.27. The number of fused-ring (bicyclic) bond motifs is 3. The second-order valence-electron chi connectivity index (χ2n) is 16.2. The quantitative estimate of drug-likeness (QED) is 0.153. The molecule has 3 heterocycles. The molecule has 0 bridgehead atoms. The average Bonchev–Trinajstić information content (AvgIpc) is 3.57. The van der Waals surface area contributed by atoms with Gasteiger partial charge >= 0.3 is 0 Å². The Morgan fingerprint density at radius 1 is 0.647 bits per heavy atom. The predicted octanol–water partition coefficient (Wildman–Crippen LogP) is 12.2. The molecule has 262 valence electrons. The van der Waals surface area contributed by atoms with E-state index in [4.69, 9.17) is 9.72 Å². The molecule has 1 aliphatic rings. The van der Waals surface area contributed by atoms with Gasteiger partial charge in [0.25, 0.3) is 0 Å².